The molecule has 8 nitrogen and oxygen atoms in total. The smallest absolute Gasteiger partial charge is 0.318 e. The Balaban J connectivity index is 0.000000199. The predicted octanol–water partition coefficient (Wildman–Crippen LogP) is -0.913. The number of hydroxylamine groups is 1. The zero-order valence-corrected chi connectivity index (χ0v) is 10.8. The highest BCUT2D eigenvalue weighted by Gasteiger charge is 2.19. The van der Waals surface area contributed by atoms with Crippen LogP contribution >= 0.6 is 0 Å². The minimum atomic E-state index is -3.97. The minimum Gasteiger partial charge on any atom is -0.318 e. The molecule has 0 aromatic carbocycles. The molecule has 0 radical (unpaired) electrons. The van der Waals surface area contributed by atoms with Crippen molar-refractivity contribution in [1.29, 1.82) is 0 Å². The van der Waals surface area contributed by atoms with E-state index in [1.807, 2.05) is 0 Å². The summed E-state index contributed by atoms with van der Waals surface area (Å²) in [4.78, 5) is 14.7. The summed E-state index contributed by atoms with van der Waals surface area (Å²) in [6, 6.07) is -0.501. The molecule has 0 spiro atoms. The summed E-state index contributed by atoms with van der Waals surface area (Å²) in [5.74, 6) is -0.236. The number of rotatable bonds is 2. The first-order valence-electron chi connectivity index (χ1n) is 5.80. The zero-order chi connectivity index (χ0) is 13.6. The van der Waals surface area contributed by atoms with Crippen LogP contribution in [0.4, 0.5) is 0 Å². The van der Waals surface area contributed by atoms with E-state index in [-0.39, 0.29) is 11.9 Å². The molecule has 0 bridgehead atoms. The van der Waals surface area contributed by atoms with Gasteiger partial charge < -0.3 is 5.73 Å². The summed E-state index contributed by atoms with van der Waals surface area (Å²) in [7, 11) is -3.97. The third-order valence-electron chi connectivity index (χ3n) is 2.69. The molecule has 2 rings (SSSR count). The zero-order valence-electron chi connectivity index (χ0n) is 9.96. The second kappa shape index (κ2) is 7.00. The Labute approximate surface area is 106 Å². The topological polar surface area (TPSA) is 131 Å². The van der Waals surface area contributed by atoms with Gasteiger partial charge >= 0.3 is 10.3 Å². The number of carbonyl (C=O) groups excluding carboxylic acids is 1. The van der Waals surface area contributed by atoms with E-state index in [9.17, 15) is 13.2 Å². The van der Waals surface area contributed by atoms with E-state index in [4.69, 9.17) is 10.3 Å². The van der Waals surface area contributed by atoms with Gasteiger partial charge in [0.05, 0.1) is 6.61 Å². The van der Waals surface area contributed by atoms with Gasteiger partial charge in [0, 0.05) is 6.04 Å². The van der Waals surface area contributed by atoms with E-state index >= 15 is 0 Å². The molecule has 1 saturated carbocycles. The largest absolute Gasteiger partial charge is 0.333 e. The highest BCUT2D eigenvalue weighted by molar-refractivity contribution is 7.83. The van der Waals surface area contributed by atoms with E-state index in [0.29, 0.717) is 6.61 Å². The molecule has 1 heterocycles. The molecule has 1 amide bonds. The highest BCUT2D eigenvalue weighted by Crippen LogP contribution is 2.17. The second-order valence-electron chi connectivity index (χ2n) is 4.31. The Kier molecular flexibility index (Phi) is 5.96. The van der Waals surface area contributed by atoms with Crippen molar-refractivity contribution >= 4 is 16.2 Å². The molecule has 2 aliphatic rings. The van der Waals surface area contributed by atoms with Crippen molar-refractivity contribution in [3.05, 3.63) is 0 Å². The number of nitrogens with two attached hydrogens (primary N) is 1. The Morgan fingerprint density at radius 3 is 2.28 bits per heavy atom. The van der Waals surface area contributed by atoms with Crippen molar-refractivity contribution in [1.82, 2.24) is 10.2 Å². The average Bonchev–Trinajstić information content (AvgIpc) is 2.63. The number of hydrogen-bond donors (Lipinski definition) is 4. The lowest BCUT2D eigenvalue weighted by Crippen LogP contribution is -2.35. The van der Waals surface area contributed by atoms with E-state index < -0.39 is 16.3 Å². The van der Waals surface area contributed by atoms with Gasteiger partial charge in [-0.3, -0.25) is 14.2 Å². The molecule has 1 unspecified atom stereocenters. The van der Waals surface area contributed by atoms with Gasteiger partial charge in [-0.2, -0.15) is 13.1 Å². The van der Waals surface area contributed by atoms with Crippen molar-refractivity contribution in [3.63, 3.8) is 0 Å². The maximum absolute atomic E-state index is 10.3. The van der Waals surface area contributed by atoms with Gasteiger partial charge in [-0.25, -0.2) is 5.48 Å². The van der Waals surface area contributed by atoms with Gasteiger partial charge in [0.1, 0.15) is 6.04 Å². The van der Waals surface area contributed by atoms with Crippen molar-refractivity contribution in [3.8, 4) is 0 Å². The fourth-order valence-electron chi connectivity index (χ4n) is 1.79. The standard InChI is InChI=1S/C6H13NO3S.C3H6N2O2/c8-11(9,10)7-6-4-2-1-3-5-6;4-2-1-7-5-3(2)6/h6-7H,1-5H2,(H,8,9,10);2H,1,4H2,(H,5,6). The van der Waals surface area contributed by atoms with Gasteiger partial charge in [0.25, 0.3) is 5.91 Å². The molecule has 106 valence electrons. The van der Waals surface area contributed by atoms with Crippen LogP contribution in [0.1, 0.15) is 32.1 Å². The number of carbonyl (C=O) groups is 1. The van der Waals surface area contributed by atoms with Crippen LogP contribution < -0.4 is 15.9 Å². The quantitative estimate of drug-likeness (QED) is 0.484. The van der Waals surface area contributed by atoms with Crippen molar-refractivity contribution in [2.24, 2.45) is 5.73 Å². The summed E-state index contributed by atoms with van der Waals surface area (Å²) < 4.78 is 31.3. The first-order valence-corrected chi connectivity index (χ1v) is 7.24. The normalized spacial score (nSPS) is 25.2. The van der Waals surface area contributed by atoms with Gasteiger partial charge in [0.15, 0.2) is 0 Å². The molecule has 0 aromatic heterocycles. The van der Waals surface area contributed by atoms with E-state index in [1.54, 1.807) is 0 Å². The van der Waals surface area contributed by atoms with Crippen LogP contribution in [0.5, 0.6) is 0 Å². The van der Waals surface area contributed by atoms with Crippen molar-refractivity contribution in [2.45, 2.75) is 44.2 Å². The van der Waals surface area contributed by atoms with Crippen LogP contribution in [0.15, 0.2) is 0 Å². The van der Waals surface area contributed by atoms with Crippen LogP contribution in [0.25, 0.3) is 0 Å². The molecule has 18 heavy (non-hydrogen) atoms. The van der Waals surface area contributed by atoms with E-state index in [0.717, 1.165) is 25.7 Å². The molecule has 1 saturated heterocycles. The van der Waals surface area contributed by atoms with E-state index in [1.165, 1.54) is 6.42 Å². The lowest BCUT2D eigenvalue weighted by atomic mass is 9.96. The molecule has 9 heteroatoms. The maximum atomic E-state index is 10.3. The first-order chi connectivity index (χ1) is 8.38. The average molecular weight is 281 g/mol. The number of nitrogens with one attached hydrogen (secondary N) is 2. The maximum Gasteiger partial charge on any atom is 0.333 e. The van der Waals surface area contributed by atoms with Crippen LogP contribution in [0.3, 0.4) is 0 Å². The summed E-state index contributed by atoms with van der Waals surface area (Å²) in [5, 5.41) is 0. The highest BCUT2D eigenvalue weighted by atomic mass is 32.2. The molecular formula is C9H19N3O5S. The van der Waals surface area contributed by atoms with Crippen LogP contribution in [-0.2, 0) is 19.9 Å². The Morgan fingerprint density at radius 1 is 1.33 bits per heavy atom. The Hall–Kier alpha value is -0.740. The van der Waals surface area contributed by atoms with Crippen LogP contribution in [0.2, 0.25) is 0 Å². The molecule has 0 aromatic rings. The van der Waals surface area contributed by atoms with Crippen molar-refractivity contribution in [2.75, 3.05) is 6.61 Å². The molecule has 5 N–H and O–H groups in total. The minimum absolute atomic E-state index is 0.0428. The predicted molar refractivity (Wildman–Crippen MR) is 63.6 cm³/mol. The fraction of sp³-hybridized carbons (Fsp3) is 0.889. The van der Waals surface area contributed by atoms with Crippen molar-refractivity contribution < 1.29 is 22.6 Å². The molecule has 2 fully saturated rings. The van der Waals surface area contributed by atoms with Crippen LogP contribution in [-0.4, -0.2) is 37.6 Å². The molecule has 1 aliphatic heterocycles. The molecular weight excluding hydrogens is 262 g/mol. The summed E-state index contributed by atoms with van der Waals surface area (Å²) in [6.07, 6.45) is 4.96. The first kappa shape index (κ1) is 15.3. The van der Waals surface area contributed by atoms with E-state index in [2.05, 4.69) is 15.0 Å². The summed E-state index contributed by atoms with van der Waals surface area (Å²) in [5.41, 5.74) is 7.25. The lowest BCUT2D eigenvalue weighted by molar-refractivity contribution is -0.124. The van der Waals surface area contributed by atoms with Gasteiger partial charge in [-0.15, -0.1) is 0 Å². The molecule has 1 atom stereocenters. The van der Waals surface area contributed by atoms with Crippen LogP contribution in [0, 0.1) is 0 Å². The Bertz CT molecular complexity index is 366. The fourth-order valence-corrected chi connectivity index (χ4v) is 2.44. The number of amides is 1. The molecule has 1 aliphatic carbocycles. The SMILES string of the molecule is NC1CONC1=O.O=S(=O)(O)NC1CCCCC1. The third-order valence-corrected chi connectivity index (χ3v) is 3.32. The van der Waals surface area contributed by atoms with Gasteiger partial charge in [-0.05, 0) is 12.8 Å². The summed E-state index contributed by atoms with van der Waals surface area (Å²) >= 11 is 0. The number of hydrogen-bond acceptors (Lipinski definition) is 5. The second-order valence-corrected chi connectivity index (χ2v) is 5.50. The third kappa shape index (κ3) is 6.26. The lowest BCUT2D eigenvalue weighted by Gasteiger charge is -2.20. The Morgan fingerprint density at radius 2 is 1.94 bits per heavy atom. The van der Waals surface area contributed by atoms with Gasteiger partial charge in [0.2, 0.25) is 0 Å². The monoisotopic (exact) mass is 281 g/mol. The summed E-state index contributed by atoms with van der Waals surface area (Å²) in [6.45, 7) is 0.291. The van der Waals surface area contributed by atoms with Gasteiger partial charge in [-0.1, -0.05) is 19.3 Å².